The van der Waals surface area contributed by atoms with E-state index in [2.05, 4.69) is 10.0 Å². The molecule has 7 nitrogen and oxygen atoms in total. The zero-order chi connectivity index (χ0) is 19.3. The van der Waals surface area contributed by atoms with Crippen LogP contribution in [0.1, 0.15) is 29.1 Å². The van der Waals surface area contributed by atoms with Crippen LogP contribution in [0.15, 0.2) is 46.7 Å². The highest BCUT2D eigenvalue weighted by Gasteiger charge is 2.24. The molecule has 1 aromatic carbocycles. The SMILES string of the molecule is CC(C)[C@@H](NC(=O)c1ccc(S(=O)(=O)NCc2cccs2)cc1)C(=O)O. The Morgan fingerprint density at radius 1 is 1.15 bits per heavy atom. The first kappa shape index (κ1) is 20.1. The van der Waals surface area contributed by atoms with Gasteiger partial charge in [-0.15, -0.1) is 11.3 Å². The Morgan fingerprint density at radius 2 is 1.81 bits per heavy atom. The van der Waals surface area contributed by atoms with Crippen molar-refractivity contribution in [2.45, 2.75) is 31.3 Å². The molecule has 1 atom stereocenters. The smallest absolute Gasteiger partial charge is 0.326 e. The maximum absolute atomic E-state index is 12.3. The van der Waals surface area contributed by atoms with Crippen molar-refractivity contribution < 1.29 is 23.1 Å². The van der Waals surface area contributed by atoms with Gasteiger partial charge in [-0.1, -0.05) is 19.9 Å². The van der Waals surface area contributed by atoms with Gasteiger partial charge < -0.3 is 10.4 Å². The van der Waals surface area contributed by atoms with Crippen molar-refractivity contribution in [1.82, 2.24) is 10.0 Å². The molecule has 26 heavy (non-hydrogen) atoms. The fraction of sp³-hybridized carbons (Fsp3) is 0.294. The van der Waals surface area contributed by atoms with Gasteiger partial charge >= 0.3 is 5.97 Å². The summed E-state index contributed by atoms with van der Waals surface area (Å²) in [6.07, 6.45) is 0. The number of sulfonamides is 1. The van der Waals surface area contributed by atoms with Gasteiger partial charge in [0.05, 0.1) is 4.90 Å². The number of hydrogen-bond acceptors (Lipinski definition) is 5. The van der Waals surface area contributed by atoms with Gasteiger partial charge in [-0.25, -0.2) is 17.9 Å². The van der Waals surface area contributed by atoms with Gasteiger partial charge in [-0.05, 0) is 41.6 Å². The second-order valence-electron chi connectivity index (χ2n) is 5.96. The number of amides is 1. The lowest BCUT2D eigenvalue weighted by atomic mass is 10.0. The molecule has 9 heteroatoms. The number of thiophene rings is 1. The number of rotatable bonds is 8. The summed E-state index contributed by atoms with van der Waals surface area (Å²) in [5.41, 5.74) is 0.189. The average molecular weight is 396 g/mol. The Hall–Kier alpha value is -2.23. The summed E-state index contributed by atoms with van der Waals surface area (Å²) >= 11 is 1.45. The molecule has 0 aliphatic rings. The zero-order valence-electron chi connectivity index (χ0n) is 14.3. The predicted octanol–water partition coefficient (Wildman–Crippen LogP) is 2.07. The Kier molecular flexibility index (Phi) is 6.52. The van der Waals surface area contributed by atoms with E-state index < -0.39 is 27.9 Å². The van der Waals surface area contributed by atoms with Crippen molar-refractivity contribution in [3.8, 4) is 0 Å². The van der Waals surface area contributed by atoms with E-state index in [0.29, 0.717) is 0 Å². The Bertz CT molecular complexity index is 859. The summed E-state index contributed by atoms with van der Waals surface area (Å²) in [6, 6.07) is 7.99. The summed E-state index contributed by atoms with van der Waals surface area (Å²) in [4.78, 5) is 24.2. The van der Waals surface area contributed by atoms with Crippen LogP contribution >= 0.6 is 11.3 Å². The Morgan fingerprint density at radius 3 is 2.31 bits per heavy atom. The monoisotopic (exact) mass is 396 g/mol. The van der Waals surface area contributed by atoms with E-state index in [0.717, 1.165) is 4.88 Å². The van der Waals surface area contributed by atoms with Crippen molar-refractivity contribution in [2.75, 3.05) is 0 Å². The summed E-state index contributed by atoms with van der Waals surface area (Å²) in [5.74, 6) is -1.97. The van der Waals surface area contributed by atoms with E-state index in [4.69, 9.17) is 5.11 Å². The van der Waals surface area contributed by atoms with Crippen LogP contribution in [-0.4, -0.2) is 31.4 Å². The molecular formula is C17H20N2O5S2. The van der Waals surface area contributed by atoms with Crippen LogP contribution in [0.25, 0.3) is 0 Å². The predicted molar refractivity (Wildman–Crippen MR) is 98.5 cm³/mol. The third kappa shape index (κ3) is 5.13. The quantitative estimate of drug-likeness (QED) is 0.632. The number of carboxylic acid groups (broad SMARTS) is 1. The largest absolute Gasteiger partial charge is 0.480 e. The van der Waals surface area contributed by atoms with Crippen LogP contribution in [0.3, 0.4) is 0 Å². The van der Waals surface area contributed by atoms with Crippen LogP contribution in [0.2, 0.25) is 0 Å². The van der Waals surface area contributed by atoms with E-state index in [1.165, 1.54) is 35.6 Å². The number of nitrogens with one attached hydrogen (secondary N) is 2. The normalized spacial score (nSPS) is 12.7. The number of hydrogen-bond donors (Lipinski definition) is 3. The van der Waals surface area contributed by atoms with Gasteiger partial charge in [0.25, 0.3) is 5.91 Å². The Balaban J connectivity index is 2.06. The number of carboxylic acids is 1. The fourth-order valence-corrected chi connectivity index (χ4v) is 3.93. The molecule has 0 unspecified atom stereocenters. The zero-order valence-corrected chi connectivity index (χ0v) is 15.9. The minimum absolute atomic E-state index is 0.0317. The molecule has 2 aromatic rings. The lowest BCUT2D eigenvalue weighted by Crippen LogP contribution is -2.44. The highest BCUT2D eigenvalue weighted by atomic mass is 32.2. The topological polar surface area (TPSA) is 113 Å². The van der Waals surface area contributed by atoms with E-state index in [-0.39, 0.29) is 22.9 Å². The van der Waals surface area contributed by atoms with E-state index in [9.17, 15) is 18.0 Å². The number of carbonyl (C=O) groups is 2. The third-order valence-electron chi connectivity index (χ3n) is 3.66. The van der Waals surface area contributed by atoms with Crippen molar-refractivity contribution in [3.05, 3.63) is 52.2 Å². The van der Waals surface area contributed by atoms with E-state index in [1.807, 2.05) is 17.5 Å². The molecule has 2 rings (SSSR count). The van der Waals surface area contributed by atoms with Crippen molar-refractivity contribution >= 4 is 33.2 Å². The first-order valence-electron chi connectivity index (χ1n) is 7.86. The summed E-state index contributed by atoms with van der Waals surface area (Å²) < 4.78 is 27.1. The summed E-state index contributed by atoms with van der Waals surface area (Å²) in [6.45, 7) is 3.57. The molecule has 0 saturated heterocycles. The molecule has 140 valence electrons. The van der Waals surface area contributed by atoms with Gasteiger partial charge in [0.1, 0.15) is 6.04 Å². The first-order valence-corrected chi connectivity index (χ1v) is 10.2. The van der Waals surface area contributed by atoms with Crippen molar-refractivity contribution in [2.24, 2.45) is 5.92 Å². The van der Waals surface area contributed by atoms with Crippen LogP contribution in [0.4, 0.5) is 0 Å². The molecule has 0 aliphatic carbocycles. The molecule has 1 heterocycles. The molecule has 0 aliphatic heterocycles. The van der Waals surface area contributed by atoms with Gasteiger partial charge in [0.15, 0.2) is 0 Å². The Labute approximate surface area is 156 Å². The maximum atomic E-state index is 12.3. The minimum atomic E-state index is -3.70. The van der Waals surface area contributed by atoms with Crippen molar-refractivity contribution in [1.29, 1.82) is 0 Å². The van der Waals surface area contributed by atoms with Crippen LogP contribution < -0.4 is 10.0 Å². The molecule has 0 bridgehead atoms. The summed E-state index contributed by atoms with van der Waals surface area (Å²) in [7, 11) is -3.70. The van der Waals surface area contributed by atoms with E-state index >= 15 is 0 Å². The molecule has 0 radical (unpaired) electrons. The number of carbonyl (C=O) groups excluding carboxylic acids is 1. The lowest BCUT2D eigenvalue weighted by Gasteiger charge is -2.18. The highest BCUT2D eigenvalue weighted by Crippen LogP contribution is 2.14. The van der Waals surface area contributed by atoms with Gasteiger partial charge in [0, 0.05) is 17.0 Å². The van der Waals surface area contributed by atoms with Crippen molar-refractivity contribution in [3.63, 3.8) is 0 Å². The van der Waals surface area contributed by atoms with Gasteiger partial charge in [-0.2, -0.15) is 0 Å². The molecule has 0 fully saturated rings. The number of aliphatic carboxylic acids is 1. The van der Waals surface area contributed by atoms with E-state index in [1.54, 1.807) is 13.8 Å². The molecule has 0 saturated carbocycles. The molecular weight excluding hydrogens is 376 g/mol. The minimum Gasteiger partial charge on any atom is -0.480 e. The fourth-order valence-electron chi connectivity index (χ4n) is 2.19. The standard InChI is InChI=1S/C17H20N2O5S2/c1-11(2)15(17(21)22)19-16(20)12-5-7-14(8-6-12)26(23,24)18-10-13-4-3-9-25-13/h3-9,11,15,18H,10H2,1-2H3,(H,19,20)(H,21,22)/t15-/m1/s1. The van der Waals surface area contributed by atoms with Crippen LogP contribution in [-0.2, 0) is 21.4 Å². The maximum Gasteiger partial charge on any atom is 0.326 e. The highest BCUT2D eigenvalue weighted by molar-refractivity contribution is 7.89. The number of benzene rings is 1. The van der Waals surface area contributed by atoms with Crippen LogP contribution in [0.5, 0.6) is 0 Å². The third-order valence-corrected chi connectivity index (χ3v) is 5.96. The lowest BCUT2D eigenvalue weighted by molar-refractivity contribution is -0.140. The molecule has 1 amide bonds. The van der Waals surface area contributed by atoms with Gasteiger partial charge in [-0.3, -0.25) is 4.79 Å². The van der Waals surface area contributed by atoms with Gasteiger partial charge in [0.2, 0.25) is 10.0 Å². The van der Waals surface area contributed by atoms with Crippen LogP contribution in [0, 0.1) is 5.92 Å². The first-order chi connectivity index (χ1) is 12.2. The second kappa shape index (κ2) is 8.43. The average Bonchev–Trinajstić information content (AvgIpc) is 3.11. The summed E-state index contributed by atoms with van der Waals surface area (Å²) in [5, 5.41) is 13.4. The molecule has 0 spiro atoms. The molecule has 3 N–H and O–H groups in total. The second-order valence-corrected chi connectivity index (χ2v) is 8.76. The molecule has 1 aromatic heterocycles.